The van der Waals surface area contributed by atoms with Gasteiger partial charge in [-0.3, -0.25) is 9.48 Å². The maximum Gasteiger partial charge on any atom is 0.433 e. The van der Waals surface area contributed by atoms with Crippen molar-refractivity contribution in [3.05, 3.63) is 100.0 Å². The number of aromatic nitrogens is 5. The molecule has 0 unspecified atom stereocenters. The predicted molar refractivity (Wildman–Crippen MR) is 134 cm³/mol. The van der Waals surface area contributed by atoms with Crippen molar-refractivity contribution in [2.75, 3.05) is 5.32 Å². The van der Waals surface area contributed by atoms with Gasteiger partial charge in [0.15, 0.2) is 22.9 Å². The molecule has 1 N–H and O–H groups in total. The average Bonchev–Trinajstić information content (AvgIpc) is 3.46. The number of hydrogen-bond acceptors (Lipinski definition) is 4. The van der Waals surface area contributed by atoms with Gasteiger partial charge in [0, 0.05) is 28.4 Å². The number of alkyl halides is 6. The second-order valence-electron chi connectivity index (χ2n) is 8.81. The molecule has 0 atom stereocenters. The molecular formula is C26H17ClF6N6O. The van der Waals surface area contributed by atoms with Crippen LogP contribution in [0, 0.1) is 6.92 Å². The molecule has 3 aromatic heterocycles. The van der Waals surface area contributed by atoms with E-state index in [-0.39, 0.29) is 29.4 Å². The standard InChI is InChI=1S/C26H17ClF6N6O/c1-14-9-22(37-38(14)13-15-3-2-4-17(10-15)25(28,29)30)35-24(40)20-12-23-34-19(16-5-7-18(27)8-6-16)11-21(26(31,32)33)39(23)36-20/h2-12H,13H2,1H3,(H,35,37,40). The third kappa shape index (κ3) is 5.64. The minimum absolute atomic E-state index is 0.00677. The van der Waals surface area contributed by atoms with Gasteiger partial charge in [-0.15, -0.1) is 0 Å². The van der Waals surface area contributed by atoms with E-state index in [0.717, 1.165) is 24.3 Å². The van der Waals surface area contributed by atoms with Gasteiger partial charge in [0.2, 0.25) is 0 Å². The molecule has 0 aliphatic rings. The number of benzene rings is 2. The second-order valence-corrected chi connectivity index (χ2v) is 9.25. The SMILES string of the molecule is Cc1cc(NC(=O)c2cc3nc(-c4ccc(Cl)cc4)cc(C(F)(F)F)n3n2)nn1Cc1cccc(C(F)(F)F)c1. The van der Waals surface area contributed by atoms with Gasteiger partial charge in [-0.1, -0.05) is 35.9 Å². The summed E-state index contributed by atoms with van der Waals surface area (Å²) in [4.78, 5) is 17.1. The Hall–Kier alpha value is -4.39. The Bertz CT molecular complexity index is 1720. The largest absolute Gasteiger partial charge is 0.433 e. The van der Waals surface area contributed by atoms with E-state index in [9.17, 15) is 31.1 Å². The minimum atomic E-state index is -4.80. The highest BCUT2D eigenvalue weighted by molar-refractivity contribution is 6.30. The average molecular weight is 579 g/mol. The first-order valence-electron chi connectivity index (χ1n) is 11.5. The summed E-state index contributed by atoms with van der Waals surface area (Å²) in [6.07, 6.45) is -9.31. The summed E-state index contributed by atoms with van der Waals surface area (Å²) in [5.74, 6) is -0.812. The third-order valence-electron chi connectivity index (χ3n) is 5.90. The van der Waals surface area contributed by atoms with Crippen molar-refractivity contribution >= 4 is 29.0 Å². The summed E-state index contributed by atoms with van der Waals surface area (Å²) in [7, 11) is 0. The molecule has 0 saturated heterocycles. The zero-order chi connectivity index (χ0) is 28.8. The number of nitrogens with one attached hydrogen (secondary N) is 1. The Kier molecular flexibility index (Phi) is 6.78. The molecule has 7 nitrogen and oxygen atoms in total. The number of amides is 1. The monoisotopic (exact) mass is 578 g/mol. The van der Waals surface area contributed by atoms with E-state index >= 15 is 0 Å². The molecule has 5 rings (SSSR count). The summed E-state index contributed by atoms with van der Waals surface area (Å²) in [6.45, 7) is 1.63. The fourth-order valence-corrected chi connectivity index (χ4v) is 4.11. The number of rotatable bonds is 5. The Morgan fingerprint density at radius 1 is 0.925 bits per heavy atom. The molecule has 0 aliphatic heterocycles. The Labute approximate surface area is 227 Å². The number of nitrogens with zero attached hydrogens (tertiary/aromatic N) is 5. The highest BCUT2D eigenvalue weighted by atomic mass is 35.5. The third-order valence-corrected chi connectivity index (χ3v) is 6.15. The van der Waals surface area contributed by atoms with Crippen molar-refractivity contribution in [3.63, 3.8) is 0 Å². The van der Waals surface area contributed by atoms with Crippen LogP contribution in [0.2, 0.25) is 5.02 Å². The van der Waals surface area contributed by atoms with Gasteiger partial charge in [-0.25, -0.2) is 9.50 Å². The summed E-state index contributed by atoms with van der Waals surface area (Å²) < 4.78 is 82.6. The zero-order valence-corrected chi connectivity index (χ0v) is 21.1. The van der Waals surface area contributed by atoms with Crippen LogP contribution in [-0.2, 0) is 18.9 Å². The summed E-state index contributed by atoms with van der Waals surface area (Å²) >= 11 is 5.87. The molecule has 2 aromatic carbocycles. The molecule has 0 aliphatic carbocycles. The van der Waals surface area contributed by atoms with Gasteiger partial charge in [0.1, 0.15) is 0 Å². The summed E-state index contributed by atoms with van der Waals surface area (Å²) in [6, 6.07) is 14.2. The lowest BCUT2D eigenvalue weighted by Gasteiger charge is -2.11. The van der Waals surface area contributed by atoms with Gasteiger partial charge >= 0.3 is 12.4 Å². The van der Waals surface area contributed by atoms with Crippen LogP contribution in [0.4, 0.5) is 32.2 Å². The number of anilines is 1. The van der Waals surface area contributed by atoms with Crippen molar-refractivity contribution in [2.24, 2.45) is 0 Å². The van der Waals surface area contributed by atoms with E-state index < -0.39 is 29.5 Å². The number of halogens is 7. The zero-order valence-electron chi connectivity index (χ0n) is 20.3. The van der Waals surface area contributed by atoms with Crippen molar-refractivity contribution in [3.8, 4) is 11.3 Å². The second kappa shape index (κ2) is 9.97. The lowest BCUT2D eigenvalue weighted by molar-refractivity contribution is -0.142. The molecular weight excluding hydrogens is 562 g/mol. The van der Waals surface area contributed by atoms with Crippen LogP contribution < -0.4 is 5.32 Å². The molecule has 0 bridgehead atoms. The van der Waals surface area contributed by atoms with Crippen LogP contribution in [0.15, 0.2) is 66.7 Å². The maximum absolute atomic E-state index is 13.9. The van der Waals surface area contributed by atoms with Crippen LogP contribution in [0.25, 0.3) is 16.9 Å². The molecule has 0 spiro atoms. The molecule has 14 heteroatoms. The first kappa shape index (κ1) is 27.2. The first-order chi connectivity index (χ1) is 18.8. The van der Waals surface area contributed by atoms with Crippen LogP contribution in [0.5, 0.6) is 0 Å². The first-order valence-corrected chi connectivity index (χ1v) is 11.9. The molecule has 40 heavy (non-hydrogen) atoms. The van der Waals surface area contributed by atoms with Crippen molar-refractivity contribution in [1.82, 2.24) is 24.4 Å². The van der Waals surface area contributed by atoms with Crippen molar-refractivity contribution in [1.29, 1.82) is 0 Å². The Morgan fingerprint density at radius 3 is 2.33 bits per heavy atom. The lowest BCUT2D eigenvalue weighted by Crippen LogP contribution is -2.16. The normalized spacial score (nSPS) is 12.2. The lowest BCUT2D eigenvalue weighted by atomic mass is 10.1. The Balaban J connectivity index is 1.42. The van der Waals surface area contributed by atoms with E-state index in [1.807, 2.05) is 0 Å². The van der Waals surface area contributed by atoms with E-state index in [2.05, 4.69) is 20.5 Å². The predicted octanol–water partition coefficient (Wildman–Crippen LogP) is 6.89. The smallest absolute Gasteiger partial charge is 0.304 e. The van der Waals surface area contributed by atoms with E-state index in [1.165, 1.54) is 47.1 Å². The summed E-state index contributed by atoms with van der Waals surface area (Å²) in [5.41, 5.74) is -1.26. The van der Waals surface area contributed by atoms with E-state index in [4.69, 9.17) is 11.6 Å². The minimum Gasteiger partial charge on any atom is -0.304 e. The van der Waals surface area contributed by atoms with Crippen LogP contribution in [-0.4, -0.2) is 30.3 Å². The van der Waals surface area contributed by atoms with Crippen molar-refractivity contribution in [2.45, 2.75) is 25.8 Å². The molecule has 1 amide bonds. The van der Waals surface area contributed by atoms with Gasteiger partial charge < -0.3 is 5.32 Å². The summed E-state index contributed by atoms with van der Waals surface area (Å²) in [5, 5.41) is 10.9. The van der Waals surface area contributed by atoms with Gasteiger partial charge in [-0.2, -0.15) is 36.5 Å². The highest BCUT2D eigenvalue weighted by Crippen LogP contribution is 2.33. The van der Waals surface area contributed by atoms with Gasteiger partial charge in [-0.05, 0) is 42.8 Å². The Morgan fingerprint density at radius 2 is 1.65 bits per heavy atom. The molecule has 5 aromatic rings. The number of fused-ring (bicyclic) bond motifs is 1. The van der Waals surface area contributed by atoms with Crippen LogP contribution in [0.1, 0.15) is 33.0 Å². The van der Waals surface area contributed by atoms with Crippen LogP contribution >= 0.6 is 11.6 Å². The van der Waals surface area contributed by atoms with E-state index in [1.54, 1.807) is 6.92 Å². The quantitative estimate of drug-likeness (QED) is 0.230. The number of carbonyl (C=O) groups excluding carboxylic acids is 1. The molecule has 3 heterocycles. The van der Waals surface area contributed by atoms with Gasteiger partial charge in [0.05, 0.1) is 17.8 Å². The van der Waals surface area contributed by atoms with Crippen LogP contribution in [0.3, 0.4) is 0 Å². The topological polar surface area (TPSA) is 77.1 Å². The highest BCUT2D eigenvalue weighted by Gasteiger charge is 2.36. The fourth-order valence-electron chi connectivity index (χ4n) is 3.99. The van der Waals surface area contributed by atoms with E-state index in [0.29, 0.717) is 26.4 Å². The number of carbonyl (C=O) groups is 1. The number of hydrogen-bond donors (Lipinski definition) is 1. The molecule has 0 saturated carbocycles. The maximum atomic E-state index is 13.9. The number of aryl methyl sites for hydroxylation is 1. The fraction of sp³-hybridized carbons (Fsp3) is 0.154. The molecule has 0 radical (unpaired) electrons. The molecule has 0 fully saturated rings. The molecule has 206 valence electrons. The van der Waals surface area contributed by atoms with Gasteiger partial charge in [0.25, 0.3) is 5.91 Å². The van der Waals surface area contributed by atoms with Crippen molar-refractivity contribution < 1.29 is 31.1 Å².